The summed E-state index contributed by atoms with van der Waals surface area (Å²) in [5.41, 5.74) is 0.816. The number of benzene rings is 2. The van der Waals surface area contributed by atoms with Crippen LogP contribution in [0.15, 0.2) is 60.3 Å². The van der Waals surface area contributed by atoms with Crippen molar-refractivity contribution in [2.24, 2.45) is 0 Å². The van der Waals surface area contributed by atoms with Gasteiger partial charge in [-0.3, -0.25) is 4.79 Å². The Morgan fingerprint density at radius 1 is 0.957 bits per heavy atom. The molecule has 0 saturated heterocycles. The Hall–Kier alpha value is -3.08. The molecule has 5 heteroatoms. The second-order valence-electron chi connectivity index (χ2n) is 4.71. The molecule has 0 aliphatic heterocycles. The summed E-state index contributed by atoms with van der Waals surface area (Å²) in [6.45, 7) is 1.33. The van der Waals surface area contributed by atoms with Gasteiger partial charge in [-0.1, -0.05) is 30.3 Å². The van der Waals surface area contributed by atoms with E-state index >= 15 is 0 Å². The van der Waals surface area contributed by atoms with E-state index in [1.54, 1.807) is 30.3 Å². The molecule has 2 aromatic carbocycles. The lowest BCUT2D eigenvalue weighted by atomic mass is 10.2. The number of hydrogen-bond acceptors (Lipinski definition) is 4. The molecule has 0 heterocycles. The van der Waals surface area contributed by atoms with E-state index in [0.717, 1.165) is 11.3 Å². The number of amides is 1. The van der Waals surface area contributed by atoms with Crippen molar-refractivity contribution in [3.05, 3.63) is 65.9 Å². The minimum Gasteiger partial charge on any atom is -0.464 e. The van der Waals surface area contributed by atoms with E-state index in [9.17, 15) is 9.59 Å². The van der Waals surface area contributed by atoms with Gasteiger partial charge in [-0.2, -0.15) is 0 Å². The minimum atomic E-state index is -0.607. The number of methoxy groups -OCH3 is 1. The Kier molecular flexibility index (Phi) is 5.52. The van der Waals surface area contributed by atoms with Crippen LogP contribution in [-0.2, 0) is 14.3 Å². The van der Waals surface area contributed by atoms with Gasteiger partial charge in [-0.05, 0) is 35.9 Å². The van der Waals surface area contributed by atoms with E-state index in [1.165, 1.54) is 14.0 Å². The van der Waals surface area contributed by atoms with Gasteiger partial charge in [-0.15, -0.1) is 0 Å². The first kappa shape index (κ1) is 16.3. The molecule has 0 atom stereocenters. The third-order valence-corrected chi connectivity index (χ3v) is 2.89. The average Bonchev–Trinajstić information content (AvgIpc) is 2.56. The predicted octanol–water partition coefficient (Wildman–Crippen LogP) is 3.13. The van der Waals surface area contributed by atoms with Crippen LogP contribution >= 0.6 is 0 Å². The van der Waals surface area contributed by atoms with Crippen molar-refractivity contribution < 1.29 is 19.1 Å². The van der Waals surface area contributed by atoms with Gasteiger partial charge in [0.15, 0.2) is 0 Å². The monoisotopic (exact) mass is 311 g/mol. The normalized spacial score (nSPS) is 10.8. The highest BCUT2D eigenvalue weighted by Crippen LogP contribution is 2.21. The summed E-state index contributed by atoms with van der Waals surface area (Å²) in [5, 5.41) is 2.45. The second-order valence-corrected chi connectivity index (χ2v) is 4.71. The Labute approximate surface area is 134 Å². The van der Waals surface area contributed by atoms with Crippen LogP contribution in [0.25, 0.3) is 6.08 Å². The number of carbonyl (C=O) groups excluding carboxylic acids is 2. The highest BCUT2D eigenvalue weighted by molar-refractivity contribution is 5.97. The number of ether oxygens (including phenoxy) is 2. The first-order chi connectivity index (χ1) is 11.1. The van der Waals surface area contributed by atoms with E-state index in [1.807, 2.05) is 30.3 Å². The molecule has 0 fully saturated rings. The van der Waals surface area contributed by atoms with Crippen LogP contribution in [0.4, 0.5) is 0 Å². The Morgan fingerprint density at radius 2 is 1.57 bits per heavy atom. The summed E-state index contributed by atoms with van der Waals surface area (Å²) in [6.07, 6.45) is 1.54. The molecule has 0 aromatic heterocycles. The molecule has 2 aromatic rings. The number of esters is 1. The molecule has 0 saturated carbocycles. The molecular weight excluding hydrogens is 294 g/mol. The Morgan fingerprint density at radius 3 is 2.13 bits per heavy atom. The number of rotatable bonds is 5. The molecule has 1 N–H and O–H groups in total. The summed E-state index contributed by atoms with van der Waals surface area (Å²) in [7, 11) is 1.26. The van der Waals surface area contributed by atoms with Gasteiger partial charge in [0.1, 0.15) is 17.2 Å². The fourth-order valence-electron chi connectivity index (χ4n) is 1.87. The number of hydrogen-bond donors (Lipinski definition) is 1. The molecule has 0 aliphatic rings. The van der Waals surface area contributed by atoms with Gasteiger partial charge in [0.2, 0.25) is 5.91 Å². The summed E-state index contributed by atoms with van der Waals surface area (Å²) in [4.78, 5) is 22.8. The molecule has 118 valence electrons. The van der Waals surface area contributed by atoms with Gasteiger partial charge in [0.25, 0.3) is 0 Å². The van der Waals surface area contributed by atoms with Crippen LogP contribution in [0, 0.1) is 0 Å². The van der Waals surface area contributed by atoms with Crippen LogP contribution in [0.1, 0.15) is 12.5 Å². The fourth-order valence-corrected chi connectivity index (χ4v) is 1.87. The van der Waals surface area contributed by atoms with Crippen molar-refractivity contribution >= 4 is 18.0 Å². The van der Waals surface area contributed by atoms with Crippen molar-refractivity contribution in [2.45, 2.75) is 6.92 Å². The number of nitrogens with one attached hydrogen (secondary N) is 1. The summed E-state index contributed by atoms with van der Waals surface area (Å²) >= 11 is 0. The van der Waals surface area contributed by atoms with Crippen molar-refractivity contribution in [3.8, 4) is 11.5 Å². The van der Waals surface area contributed by atoms with Crippen LogP contribution in [0.5, 0.6) is 11.5 Å². The third kappa shape index (κ3) is 5.00. The Bertz CT molecular complexity index is 706. The third-order valence-electron chi connectivity index (χ3n) is 2.89. The largest absolute Gasteiger partial charge is 0.464 e. The molecular formula is C18H17NO4. The smallest absolute Gasteiger partial charge is 0.354 e. The molecule has 0 unspecified atom stereocenters. The van der Waals surface area contributed by atoms with E-state index < -0.39 is 5.97 Å². The van der Waals surface area contributed by atoms with E-state index in [0.29, 0.717) is 5.75 Å². The Balaban J connectivity index is 2.15. The van der Waals surface area contributed by atoms with Gasteiger partial charge in [0.05, 0.1) is 7.11 Å². The highest BCUT2D eigenvalue weighted by Gasteiger charge is 2.11. The van der Waals surface area contributed by atoms with Gasteiger partial charge >= 0.3 is 5.97 Å². The maximum Gasteiger partial charge on any atom is 0.354 e. The zero-order chi connectivity index (χ0) is 16.7. The lowest BCUT2D eigenvalue weighted by molar-refractivity contribution is -0.137. The second kappa shape index (κ2) is 7.79. The summed E-state index contributed by atoms with van der Waals surface area (Å²) in [5.74, 6) is 0.465. The zero-order valence-corrected chi connectivity index (χ0v) is 12.9. The molecule has 0 aliphatic carbocycles. The number of carbonyl (C=O) groups is 2. The summed E-state index contributed by atoms with van der Waals surface area (Å²) in [6, 6.07) is 16.5. The van der Waals surface area contributed by atoms with Crippen LogP contribution < -0.4 is 10.1 Å². The lowest BCUT2D eigenvalue weighted by Gasteiger charge is -2.07. The van der Waals surface area contributed by atoms with Crippen molar-refractivity contribution in [3.63, 3.8) is 0 Å². The molecule has 23 heavy (non-hydrogen) atoms. The first-order valence-electron chi connectivity index (χ1n) is 6.99. The molecule has 2 rings (SSSR count). The van der Waals surface area contributed by atoms with Crippen molar-refractivity contribution in [2.75, 3.05) is 7.11 Å². The van der Waals surface area contributed by atoms with Crippen molar-refractivity contribution in [1.29, 1.82) is 0 Å². The fraction of sp³-hybridized carbons (Fsp3) is 0.111. The average molecular weight is 311 g/mol. The molecule has 0 bridgehead atoms. The van der Waals surface area contributed by atoms with Gasteiger partial charge in [0, 0.05) is 6.92 Å². The molecule has 0 spiro atoms. The molecule has 0 radical (unpaired) electrons. The van der Waals surface area contributed by atoms with E-state index in [-0.39, 0.29) is 11.6 Å². The molecule has 5 nitrogen and oxygen atoms in total. The zero-order valence-electron chi connectivity index (χ0n) is 12.9. The first-order valence-corrected chi connectivity index (χ1v) is 6.99. The van der Waals surface area contributed by atoms with E-state index in [2.05, 4.69) is 10.1 Å². The topological polar surface area (TPSA) is 64.6 Å². The standard InChI is InChI=1S/C18H17NO4/c1-13(20)19-17(18(21)22-2)12-14-8-10-16(11-9-14)23-15-6-4-3-5-7-15/h3-12H,1-2H3,(H,19,20). The summed E-state index contributed by atoms with van der Waals surface area (Å²) < 4.78 is 10.3. The van der Waals surface area contributed by atoms with Crippen LogP contribution in [0.3, 0.4) is 0 Å². The van der Waals surface area contributed by atoms with Crippen LogP contribution in [0.2, 0.25) is 0 Å². The van der Waals surface area contributed by atoms with Gasteiger partial charge in [-0.25, -0.2) is 4.79 Å². The van der Waals surface area contributed by atoms with E-state index in [4.69, 9.17) is 4.74 Å². The highest BCUT2D eigenvalue weighted by atomic mass is 16.5. The number of para-hydroxylation sites is 1. The SMILES string of the molecule is COC(=O)C(=Cc1ccc(Oc2ccccc2)cc1)NC(C)=O. The minimum absolute atomic E-state index is 0.0803. The molecule has 1 amide bonds. The van der Waals surface area contributed by atoms with Gasteiger partial charge < -0.3 is 14.8 Å². The lowest BCUT2D eigenvalue weighted by Crippen LogP contribution is -2.25. The quantitative estimate of drug-likeness (QED) is 0.680. The van der Waals surface area contributed by atoms with Crippen molar-refractivity contribution in [1.82, 2.24) is 5.32 Å². The maximum absolute atomic E-state index is 11.6. The maximum atomic E-state index is 11.6. The van der Waals surface area contributed by atoms with Crippen LogP contribution in [-0.4, -0.2) is 19.0 Å². The predicted molar refractivity (Wildman–Crippen MR) is 86.8 cm³/mol.